The van der Waals surface area contributed by atoms with Crippen LogP contribution in [0.1, 0.15) is 0 Å². The molecule has 0 unspecified atom stereocenters. The normalized spacial score (nSPS) is 9.89. The van der Waals surface area contributed by atoms with Gasteiger partial charge in [-0.2, -0.15) is 4.80 Å². The first kappa shape index (κ1) is 5.96. The molecule has 1 aromatic heterocycles. The van der Waals surface area contributed by atoms with Crippen molar-refractivity contribution >= 4 is 5.95 Å². The van der Waals surface area contributed by atoms with Crippen molar-refractivity contribution in [3.8, 4) is 0 Å². The molecule has 1 heterocycles. The van der Waals surface area contributed by atoms with Gasteiger partial charge < -0.3 is 11.5 Å². The summed E-state index contributed by atoms with van der Waals surface area (Å²) < 4.78 is 0. The third-order valence-corrected chi connectivity index (χ3v) is 0.797. The van der Waals surface area contributed by atoms with Crippen molar-refractivity contribution in [1.29, 1.82) is 0 Å². The number of nitrogens with zero attached hydrogens (tertiary/aromatic N) is 4. The summed E-state index contributed by atoms with van der Waals surface area (Å²) in [5.74, 6) is 0.184. The second-order valence-electron chi connectivity index (χ2n) is 1.53. The van der Waals surface area contributed by atoms with Crippen LogP contribution in [-0.4, -0.2) is 26.8 Å². The Morgan fingerprint density at radius 1 is 1.56 bits per heavy atom. The van der Waals surface area contributed by atoms with Crippen molar-refractivity contribution in [3.63, 3.8) is 0 Å². The maximum Gasteiger partial charge on any atom is 0.260 e. The molecule has 1 rings (SSSR count). The molecule has 1 aromatic rings. The van der Waals surface area contributed by atoms with Gasteiger partial charge in [0.1, 0.15) is 0 Å². The Bertz CT molecular complexity index is 180. The minimum Gasteiger partial charge on any atom is -0.365 e. The number of rotatable bonds is 2. The van der Waals surface area contributed by atoms with Crippen LogP contribution in [0, 0.1) is 0 Å². The number of hydrogen-bond acceptors (Lipinski definition) is 5. The van der Waals surface area contributed by atoms with E-state index >= 15 is 0 Å². The Kier molecular flexibility index (Phi) is 1.59. The van der Waals surface area contributed by atoms with Crippen molar-refractivity contribution in [2.45, 2.75) is 6.54 Å². The largest absolute Gasteiger partial charge is 0.365 e. The highest BCUT2D eigenvalue weighted by Gasteiger charge is 1.93. The van der Waals surface area contributed by atoms with E-state index in [1.807, 2.05) is 0 Å². The van der Waals surface area contributed by atoms with Crippen LogP contribution in [0.2, 0.25) is 0 Å². The molecule has 0 aliphatic carbocycles. The molecule has 0 aliphatic rings. The van der Waals surface area contributed by atoms with Crippen molar-refractivity contribution in [3.05, 3.63) is 0 Å². The van der Waals surface area contributed by atoms with Crippen LogP contribution < -0.4 is 11.5 Å². The van der Waals surface area contributed by atoms with Crippen LogP contribution in [0.15, 0.2) is 0 Å². The lowest BCUT2D eigenvalue weighted by Gasteiger charge is -1.89. The lowest BCUT2D eigenvalue weighted by molar-refractivity contribution is 0.531. The number of hydrogen-bond donors (Lipinski definition) is 2. The van der Waals surface area contributed by atoms with Gasteiger partial charge in [-0.1, -0.05) is 5.10 Å². The predicted octanol–water partition coefficient (Wildman–Crippen LogP) is -1.79. The van der Waals surface area contributed by atoms with Crippen molar-refractivity contribution < 1.29 is 0 Å². The summed E-state index contributed by atoms with van der Waals surface area (Å²) in [6, 6.07) is 0. The molecule has 0 saturated heterocycles. The van der Waals surface area contributed by atoms with E-state index in [0.717, 1.165) is 0 Å². The molecule has 0 aromatic carbocycles. The molecule has 4 N–H and O–H groups in total. The van der Waals surface area contributed by atoms with Crippen LogP contribution in [-0.2, 0) is 6.54 Å². The Hall–Kier alpha value is -1.17. The average Bonchev–Trinajstić information content (AvgIpc) is 2.17. The highest BCUT2D eigenvalue weighted by atomic mass is 15.6. The van der Waals surface area contributed by atoms with Gasteiger partial charge in [0.05, 0.1) is 6.54 Å². The molecular formula is C3H8N6. The minimum absolute atomic E-state index is 0.184. The van der Waals surface area contributed by atoms with Gasteiger partial charge in [0.15, 0.2) is 0 Å². The van der Waals surface area contributed by atoms with Gasteiger partial charge in [0.25, 0.3) is 5.95 Å². The number of tetrazole rings is 1. The molecule has 50 valence electrons. The van der Waals surface area contributed by atoms with Gasteiger partial charge in [0, 0.05) is 6.54 Å². The van der Waals surface area contributed by atoms with Crippen LogP contribution in [0.25, 0.3) is 0 Å². The summed E-state index contributed by atoms with van der Waals surface area (Å²) in [4.78, 5) is 1.36. The average molecular weight is 128 g/mol. The summed E-state index contributed by atoms with van der Waals surface area (Å²) in [7, 11) is 0. The molecule has 9 heavy (non-hydrogen) atoms. The molecule has 0 aliphatic heterocycles. The zero-order valence-corrected chi connectivity index (χ0v) is 4.86. The van der Waals surface area contributed by atoms with Gasteiger partial charge in [0.2, 0.25) is 0 Å². The highest BCUT2D eigenvalue weighted by Crippen LogP contribution is 1.81. The first-order valence-electron chi connectivity index (χ1n) is 2.56. The summed E-state index contributed by atoms with van der Waals surface area (Å²) in [6.07, 6.45) is 0. The van der Waals surface area contributed by atoms with Crippen molar-refractivity contribution in [2.75, 3.05) is 12.3 Å². The van der Waals surface area contributed by atoms with Gasteiger partial charge in [-0.25, -0.2) is 0 Å². The topological polar surface area (TPSA) is 95.6 Å². The second-order valence-corrected chi connectivity index (χ2v) is 1.53. The molecule has 6 nitrogen and oxygen atoms in total. The molecular weight excluding hydrogens is 120 g/mol. The van der Waals surface area contributed by atoms with Gasteiger partial charge in [-0.15, -0.1) is 5.10 Å². The highest BCUT2D eigenvalue weighted by molar-refractivity contribution is 5.06. The van der Waals surface area contributed by atoms with Crippen molar-refractivity contribution in [2.24, 2.45) is 5.73 Å². The van der Waals surface area contributed by atoms with E-state index in [4.69, 9.17) is 11.5 Å². The van der Waals surface area contributed by atoms with Gasteiger partial charge in [-0.05, 0) is 5.21 Å². The Balaban J connectivity index is 2.61. The first-order valence-corrected chi connectivity index (χ1v) is 2.56. The third-order valence-electron chi connectivity index (χ3n) is 0.797. The van der Waals surface area contributed by atoms with E-state index in [2.05, 4.69) is 15.4 Å². The molecule has 0 amide bonds. The lowest BCUT2D eigenvalue weighted by Crippen LogP contribution is -2.12. The Labute approximate surface area is 51.8 Å². The molecule has 0 spiro atoms. The fourth-order valence-electron chi connectivity index (χ4n) is 0.466. The smallest absolute Gasteiger partial charge is 0.260 e. The lowest BCUT2D eigenvalue weighted by atomic mass is 10.7. The molecule has 0 fully saturated rings. The molecule has 0 radical (unpaired) electrons. The number of nitrogen functional groups attached to an aromatic ring is 1. The molecule has 0 atom stereocenters. The van der Waals surface area contributed by atoms with E-state index in [0.29, 0.717) is 13.1 Å². The number of nitrogens with two attached hydrogens (primary N) is 2. The van der Waals surface area contributed by atoms with Crippen LogP contribution >= 0.6 is 0 Å². The zero-order valence-electron chi connectivity index (χ0n) is 4.86. The summed E-state index contributed by atoms with van der Waals surface area (Å²) in [5, 5.41) is 10.7. The van der Waals surface area contributed by atoms with E-state index < -0.39 is 0 Å². The number of aromatic nitrogens is 4. The maximum atomic E-state index is 5.20. The summed E-state index contributed by atoms with van der Waals surface area (Å²) >= 11 is 0. The zero-order chi connectivity index (χ0) is 6.69. The fourth-order valence-corrected chi connectivity index (χ4v) is 0.466. The summed E-state index contributed by atoms with van der Waals surface area (Å²) in [5.41, 5.74) is 10.4. The number of anilines is 1. The van der Waals surface area contributed by atoms with Crippen molar-refractivity contribution in [1.82, 2.24) is 20.2 Å². The fraction of sp³-hybridized carbons (Fsp3) is 0.667. The molecule has 0 saturated carbocycles. The van der Waals surface area contributed by atoms with E-state index in [1.54, 1.807) is 0 Å². The van der Waals surface area contributed by atoms with E-state index in [9.17, 15) is 0 Å². The van der Waals surface area contributed by atoms with Crippen LogP contribution in [0.4, 0.5) is 5.95 Å². The quantitative estimate of drug-likeness (QED) is 0.490. The third kappa shape index (κ3) is 1.36. The van der Waals surface area contributed by atoms with E-state index in [1.165, 1.54) is 4.80 Å². The molecule has 0 bridgehead atoms. The molecule has 6 heteroatoms. The summed E-state index contributed by atoms with van der Waals surface area (Å²) in [6.45, 7) is 1.06. The first-order chi connectivity index (χ1) is 4.33. The van der Waals surface area contributed by atoms with Gasteiger partial charge >= 0.3 is 0 Å². The minimum atomic E-state index is 0.184. The standard InChI is InChI=1S/C3H8N6/c4-1-2-9-7-3(5)6-8-9/h1-2,4H2,(H2,5,7). The maximum absolute atomic E-state index is 5.20. The Morgan fingerprint density at radius 3 is 2.78 bits per heavy atom. The predicted molar refractivity (Wildman–Crippen MR) is 31.3 cm³/mol. The van der Waals surface area contributed by atoms with Gasteiger partial charge in [-0.3, -0.25) is 0 Å². The van der Waals surface area contributed by atoms with Crippen LogP contribution in [0.3, 0.4) is 0 Å². The van der Waals surface area contributed by atoms with Crippen LogP contribution in [0.5, 0.6) is 0 Å². The SMILES string of the molecule is NCCn1nnc(N)n1. The van der Waals surface area contributed by atoms with E-state index in [-0.39, 0.29) is 5.95 Å². The Morgan fingerprint density at radius 2 is 2.33 bits per heavy atom. The second kappa shape index (κ2) is 2.40. The monoisotopic (exact) mass is 128 g/mol.